The van der Waals surface area contributed by atoms with Crippen LogP contribution < -0.4 is 4.90 Å². The van der Waals surface area contributed by atoms with Gasteiger partial charge in [-0.3, -0.25) is 0 Å². The van der Waals surface area contributed by atoms with Gasteiger partial charge in [0.05, 0.1) is 0 Å². The molecule has 22 heavy (non-hydrogen) atoms. The minimum absolute atomic E-state index is 0.868. The Hall–Kier alpha value is -2.54. The summed E-state index contributed by atoms with van der Waals surface area (Å²) in [7, 11) is 0. The first-order valence-corrected chi connectivity index (χ1v) is 7.67. The third-order valence-corrected chi connectivity index (χ3v) is 3.87. The van der Waals surface area contributed by atoms with E-state index in [2.05, 4.69) is 97.6 Å². The van der Waals surface area contributed by atoms with Crippen LogP contribution in [0.4, 0.5) is 11.4 Å². The molecule has 0 aliphatic heterocycles. The molecule has 0 spiro atoms. The summed E-state index contributed by atoms with van der Waals surface area (Å²) < 4.78 is 0. The summed E-state index contributed by atoms with van der Waals surface area (Å²) in [5.41, 5.74) is 6.32. The minimum Gasteiger partial charge on any atom is -0.337 e. The largest absolute Gasteiger partial charge is 0.337 e. The van der Waals surface area contributed by atoms with Crippen molar-refractivity contribution >= 4 is 11.4 Å². The highest BCUT2D eigenvalue weighted by Crippen LogP contribution is 2.28. The molecule has 1 nitrogen and oxygen atoms in total. The van der Waals surface area contributed by atoms with Crippen molar-refractivity contribution in [3.8, 4) is 0 Å². The topological polar surface area (TPSA) is 3.24 Å². The maximum absolute atomic E-state index is 2.36. The molecule has 0 amide bonds. The molecule has 0 aliphatic carbocycles. The SMILES string of the molecule is Cc1ccc(N(Cc2ccccc2)c2ccc(C)cc2)cc1. The first kappa shape index (κ1) is 14.4. The summed E-state index contributed by atoms with van der Waals surface area (Å²) >= 11 is 0. The first-order valence-electron chi connectivity index (χ1n) is 7.67. The molecule has 3 rings (SSSR count). The Morgan fingerprint density at radius 1 is 0.591 bits per heavy atom. The Labute approximate surface area is 132 Å². The van der Waals surface area contributed by atoms with Gasteiger partial charge in [0.15, 0.2) is 0 Å². The van der Waals surface area contributed by atoms with Crippen molar-refractivity contribution in [1.82, 2.24) is 0 Å². The van der Waals surface area contributed by atoms with Gasteiger partial charge in [-0.15, -0.1) is 0 Å². The van der Waals surface area contributed by atoms with Crippen LogP contribution in [-0.4, -0.2) is 0 Å². The van der Waals surface area contributed by atoms with E-state index >= 15 is 0 Å². The van der Waals surface area contributed by atoms with Crippen molar-refractivity contribution in [3.05, 3.63) is 95.6 Å². The number of anilines is 2. The minimum atomic E-state index is 0.868. The molecular weight excluding hydrogens is 266 g/mol. The van der Waals surface area contributed by atoms with Crippen molar-refractivity contribution in [2.75, 3.05) is 4.90 Å². The Kier molecular flexibility index (Phi) is 4.24. The molecule has 0 heterocycles. The van der Waals surface area contributed by atoms with E-state index in [1.165, 1.54) is 28.1 Å². The lowest BCUT2D eigenvalue weighted by molar-refractivity contribution is 0.974. The van der Waals surface area contributed by atoms with Gasteiger partial charge in [-0.2, -0.15) is 0 Å². The number of aryl methyl sites for hydroxylation is 2. The predicted octanol–water partition coefficient (Wildman–Crippen LogP) is 5.64. The molecule has 110 valence electrons. The number of nitrogens with zero attached hydrogens (tertiary/aromatic N) is 1. The zero-order chi connectivity index (χ0) is 15.4. The Balaban J connectivity index is 1.97. The molecular formula is C21H21N. The zero-order valence-electron chi connectivity index (χ0n) is 13.2. The second-order valence-corrected chi connectivity index (χ2v) is 5.74. The third-order valence-electron chi connectivity index (χ3n) is 3.87. The van der Waals surface area contributed by atoms with E-state index in [4.69, 9.17) is 0 Å². The maximum atomic E-state index is 2.36. The van der Waals surface area contributed by atoms with Gasteiger partial charge in [0.25, 0.3) is 0 Å². The van der Waals surface area contributed by atoms with E-state index in [-0.39, 0.29) is 0 Å². The van der Waals surface area contributed by atoms with Gasteiger partial charge in [-0.1, -0.05) is 65.7 Å². The number of benzene rings is 3. The Morgan fingerprint density at radius 2 is 1.05 bits per heavy atom. The van der Waals surface area contributed by atoms with Crippen LogP contribution in [0.1, 0.15) is 16.7 Å². The van der Waals surface area contributed by atoms with Crippen LogP contribution in [0, 0.1) is 13.8 Å². The van der Waals surface area contributed by atoms with Crippen molar-refractivity contribution in [1.29, 1.82) is 0 Å². The Bertz CT molecular complexity index is 667. The van der Waals surface area contributed by atoms with Gasteiger partial charge in [-0.25, -0.2) is 0 Å². The molecule has 0 N–H and O–H groups in total. The molecule has 0 unspecified atom stereocenters. The smallest absolute Gasteiger partial charge is 0.0481 e. The standard InChI is InChI=1S/C21H21N/c1-17-8-12-20(13-9-17)22(16-19-6-4-3-5-7-19)21-14-10-18(2)11-15-21/h3-15H,16H2,1-2H3. The maximum Gasteiger partial charge on any atom is 0.0481 e. The molecule has 3 aromatic carbocycles. The van der Waals surface area contributed by atoms with Gasteiger partial charge in [0, 0.05) is 17.9 Å². The summed E-state index contributed by atoms with van der Waals surface area (Å²) in [5.74, 6) is 0. The highest BCUT2D eigenvalue weighted by Gasteiger charge is 2.09. The summed E-state index contributed by atoms with van der Waals surface area (Å²) in [6, 6.07) is 28.0. The van der Waals surface area contributed by atoms with Crippen LogP contribution in [-0.2, 0) is 6.54 Å². The lowest BCUT2D eigenvalue weighted by atomic mass is 10.1. The highest BCUT2D eigenvalue weighted by molar-refractivity contribution is 5.64. The van der Waals surface area contributed by atoms with Gasteiger partial charge in [0.1, 0.15) is 0 Å². The number of hydrogen-bond acceptors (Lipinski definition) is 1. The fraction of sp³-hybridized carbons (Fsp3) is 0.143. The molecule has 0 aliphatic rings. The van der Waals surface area contributed by atoms with Crippen LogP contribution in [0.3, 0.4) is 0 Å². The zero-order valence-corrected chi connectivity index (χ0v) is 13.2. The molecule has 3 aromatic rings. The van der Waals surface area contributed by atoms with Gasteiger partial charge >= 0.3 is 0 Å². The lowest BCUT2D eigenvalue weighted by Gasteiger charge is -2.25. The fourth-order valence-electron chi connectivity index (χ4n) is 2.55. The van der Waals surface area contributed by atoms with Crippen LogP contribution in [0.25, 0.3) is 0 Å². The second kappa shape index (κ2) is 6.48. The molecule has 0 fully saturated rings. The lowest BCUT2D eigenvalue weighted by Crippen LogP contribution is -2.16. The van der Waals surface area contributed by atoms with Gasteiger partial charge in [-0.05, 0) is 43.7 Å². The Morgan fingerprint density at radius 3 is 1.50 bits per heavy atom. The number of rotatable bonds is 4. The van der Waals surface area contributed by atoms with Gasteiger partial charge in [0.2, 0.25) is 0 Å². The molecule has 0 atom stereocenters. The van der Waals surface area contributed by atoms with Crippen LogP contribution in [0.2, 0.25) is 0 Å². The molecule has 0 radical (unpaired) electrons. The van der Waals surface area contributed by atoms with E-state index in [9.17, 15) is 0 Å². The van der Waals surface area contributed by atoms with Crippen LogP contribution in [0.15, 0.2) is 78.9 Å². The van der Waals surface area contributed by atoms with Crippen molar-refractivity contribution in [2.24, 2.45) is 0 Å². The quantitative estimate of drug-likeness (QED) is 0.600. The van der Waals surface area contributed by atoms with Crippen LogP contribution >= 0.6 is 0 Å². The summed E-state index contributed by atoms with van der Waals surface area (Å²) in [6.07, 6.45) is 0. The summed E-state index contributed by atoms with van der Waals surface area (Å²) in [4.78, 5) is 2.36. The molecule has 0 bridgehead atoms. The van der Waals surface area contributed by atoms with E-state index < -0.39 is 0 Å². The normalized spacial score (nSPS) is 10.5. The molecule has 0 saturated carbocycles. The fourth-order valence-corrected chi connectivity index (χ4v) is 2.55. The molecule has 0 saturated heterocycles. The molecule has 0 aromatic heterocycles. The predicted molar refractivity (Wildman–Crippen MR) is 94.6 cm³/mol. The average Bonchev–Trinajstić information content (AvgIpc) is 2.56. The van der Waals surface area contributed by atoms with Crippen molar-refractivity contribution in [3.63, 3.8) is 0 Å². The second-order valence-electron chi connectivity index (χ2n) is 5.74. The third kappa shape index (κ3) is 3.37. The highest BCUT2D eigenvalue weighted by atomic mass is 15.1. The van der Waals surface area contributed by atoms with E-state index in [0.717, 1.165) is 6.54 Å². The van der Waals surface area contributed by atoms with E-state index in [1.54, 1.807) is 0 Å². The summed E-state index contributed by atoms with van der Waals surface area (Å²) in [6.45, 7) is 5.11. The monoisotopic (exact) mass is 287 g/mol. The van der Waals surface area contributed by atoms with Crippen molar-refractivity contribution in [2.45, 2.75) is 20.4 Å². The van der Waals surface area contributed by atoms with E-state index in [0.29, 0.717) is 0 Å². The number of hydrogen-bond donors (Lipinski definition) is 0. The van der Waals surface area contributed by atoms with E-state index in [1.807, 2.05) is 0 Å². The first-order chi connectivity index (χ1) is 10.7. The molecule has 1 heteroatoms. The average molecular weight is 287 g/mol. The van der Waals surface area contributed by atoms with Gasteiger partial charge < -0.3 is 4.90 Å². The summed E-state index contributed by atoms with van der Waals surface area (Å²) in [5, 5.41) is 0. The van der Waals surface area contributed by atoms with Crippen molar-refractivity contribution < 1.29 is 0 Å². The van der Waals surface area contributed by atoms with Crippen LogP contribution in [0.5, 0.6) is 0 Å².